The minimum atomic E-state index is -0.630. The van der Waals surface area contributed by atoms with Gasteiger partial charge in [-0.05, 0) is 42.7 Å². The van der Waals surface area contributed by atoms with Crippen molar-refractivity contribution in [2.75, 3.05) is 0 Å². The Morgan fingerprint density at radius 2 is 1.95 bits per heavy atom. The van der Waals surface area contributed by atoms with E-state index in [2.05, 4.69) is 21.4 Å². The van der Waals surface area contributed by atoms with Gasteiger partial charge in [-0.25, -0.2) is 8.78 Å². The van der Waals surface area contributed by atoms with Crippen LogP contribution in [-0.4, -0.2) is 0 Å². The lowest BCUT2D eigenvalue weighted by atomic mass is 9.97. The van der Waals surface area contributed by atoms with Crippen molar-refractivity contribution in [3.63, 3.8) is 0 Å². The van der Waals surface area contributed by atoms with Crippen LogP contribution >= 0.6 is 27.5 Å². The number of benzene rings is 2. The average molecular weight is 376 g/mol. The number of nitrogens with one attached hydrogen (secondary N) is 1. The molecule has 1 unspecified atom stereocenters. The Morgan fingerprint density at radius 3 is 2.57 bits per heavy atom. The third-order valence-electron chi connectivity index (χ3n) is 3.29. The minimum Gasteiger partial charge on any atom is -0.271 e. The number of rotatable bonds is 4. The minimum absolute atomic E-state index is 0.315. The molecule has 1 atom stereocenters. The maximum absolute atomic E-state index is 14.0. The fourth-order valence-corrected chi connectivity index (χ4v) is 2.86. The molecule has 0 heterocycles. The van der Waals surface area contributed by atoms with Gasteiger partial charge in [0.15, 0.2) is 0 Å². The molecule has 0 spiro atoms. The van der Waals surface area contributed by atoms with Crippen LogP contribution in [0.25, 0.3) is 0 Å². The molecule has 0 aliphatic rings. The molecule has 0 aliphatic heterocycles. The lowest BCUT2D eigenvalue weighted by Gasteiger charge is -2.19. The van der Waals surface area contributed by atoms with Gasteiger partial charge >= 0.3 is 0 Å². The largest absolute Gasteiger partial charge is 0.271 e. The maximum atomic E-state index is 14.0. The van der Waals surface area contributed by atoms with E-state index < -0.39 is 17.7 Å². The molecule has 3 N–H and O–H groups in total. The van der Waals surface area contributed by atoms with Crippen molar-refractivity contribution in [2.45, 2.75) is 19.4 Å². The van der Waals surface area contributed by atoms with Crippen LogP contribution < -0.4 is 11.3 Å². The molecule has 112 valence electrons. The van der Waals surface area contributed by atoms with Gasteiger partial charge in [0.25, 0.3) is 0 Å². The zero-order valence-electron chi connectivity index (χ0n) is 11.3. The van der Waals surface area contributed by atoms with Crippen LogP contribution in [-0.2, 0) is 6.42 Å². The summed E-state index contributed by atoms with van der Waals surface area (Å²) < 4.78 is 28.2. The number of halogens is 4. The van der Waals surface area contributed by atoms with Gasteiger partial charge in [-0.15, -0.1) is 0 Å². The second-order valence-electron chi connectivity index (χ2n) is 4.78. The average Bonchev–Trinajstić information content (AvgIpc) is 2.43. The first-order valence-electron chi connectivity index (χ1n) is 6.28. The summed E-state index contributed by atoms with van der Waals surface area (Å²) in [6.07, 6.45) is 0.393. The van der Waals surface area contributed by atoms with E-state index in [0.717, 1.165) is 16.1 Å². The SMILES string of the molecule is Cc1cc(C(Cc2ccc(Br)cc2Cl)NN)c(F)cc1F. The van der Waals surface area contributed by atoms with Gasteiger partial charge in [0.1, 0.15) is 11.6 Å². The number of aryl methyl sites for hydroxylation is 1. The molecule has 2 aromatic carbocycles. The summed E-state index contributed by atoms with van der Waals surface area (Å²) >= 11 is 9.49. The van der Waals surface area contributed by atoms with E-state index >= 15 is 0 Å². The molecule has 0 fully saturated rings. The molecule has 0 radical (unpaired) electrons. The van der Waals surface area contributed by atoms with Crippen LogP contribution in [0.3, 0.4) is 0 Å². The van der Waals surface area contributed by atoms with Crippen molar-refractivity contribution in [2.24, 2.45) is 5.84 Å². The Labute approximate surface area is 135 Å². The molecule has 0 bridgehead atoms. The van der Waals surface area contributed by atoms with E-state index in [1.54, 1.807) is 13.0 Å². The Hall–Kier alpha value is -1.01. The van der Waals surface area contributed by atoms with Gasteiger partial charge in [0.2, 0.25) is 0 Å². The lowest BCUT2D eigenvalue weighted by Crippen LogP contribution is -2.30. The molecular weight excluding hydrogens is 362 g/mol. The standard InChI is InChI=1S/C15H14BrClF2N2/c1-8-4-11(14(19)7-13(8)18)15(21-20)5-9-2-3-10(16)6-12(9)17/h2-4,6-7,15,21H,5,20H2,1H3. The highest BCUT2D eigenvalue weighted by Crippen LogP contribution is 2.28. The predicted octanol–water partition coefficient (Wildman–Crippen LogP) is 4.44. The molecular formula is C15H14BrClF2N2. The summed E-state index contributed by atoms with van der Waals surface area (Å²) in [4.78, 5) is 0. The van der Waals surface area contributed by atoms with E-state index in [1.165, 1.54) is 6.07 Å². The van der Waals surface area contributed by atoms with Crippen molar-refractivity contribution in [1.82, 2.24) is 5.43 Å². The quantitative estimate of drug-likeness (QED) is 0.612. The summed E-state index contributed by atoms with van der Waals surface area (Å²) in [5.41, 5.74) is 4.07. The lowest BCUT2D eigenvalue weighted by molar-refractivity contribution is 0.500. The van der Waals surface area contributed by atoms with Crippen LogP contribution in [0.2, 0.25) is 5.02 Å². The van der Waals surface area contributed by atoms with Gasteiger partial charge in [0.05, 0.1) is 6.04 Å². The summed E-state index contributed by atoms with van der Waals surface area (Å²) in [6, 6.07) is 7.28. The van der Waals surface area contributed by atoms with Crippen molar-refractivity contribution in [1.29, 1.82) is 0 Å². The first-order chi connectivity index (χ1) is 9.92. The molecule has 0 amide bonds. The summed E-state index contributed by atoms with van der Waals surface area (Å²) in [5.74, 6) is 4.32. The van der Waals surface area contributed by atoms with Crippen molar-refractivity contribution in [3.05, 3.63) is 68.2 Å². The van der Waals surface area contributed by atoms with E-state index in [-0.39, 0.29) is 0 Å². The van der Waals surface area contributed by atoms with Gasteiger partial charge in [-0.2, -0.15) is 0 Å². The fraction of sp³-hybridized carbons (Fsp3) is 0.200. The normalized spacial score (nSPS) is 12.5. The molecule has 21 heavy (non-hydrogen) atoms. The molecule has 2 nitrogen and oxygen atoms in total. The van der Waals surface area contributed by atoms with Crippen LogP contribution in [0.15, 0.2) is 34.8 Å². The smallest absolute Gasteiger partial charge is 0.130 e. The third-order valence-corrected chi connectivity index (χ3v) is 4.14. The summed E-state index contributed by atoms with van der Waals surface area (Å²) in [5, 5.41) is 0.559. The van der Waals surface area contributed by atoms with Crippen molar-refractivity contribution in [3.8, 4) is 0 Å². The topological polar surface area (TPSA) is 38.0 Å². The molecule has 6 heteroatoms. The van der Waals surface area contributed by atoms with E-state index in [0.29, 0.717) is 22.6 Å². The van der Waals surface area contributed by atoms with Gasteiger partial charge < -0.3 is 0 Å². The van der Waals surface area contributed by atoms with Gasteiger partial charge in [-0.1, -0.05) is 33.6 Å². The molecule has 0 saturated heterocycles. The zero-order chi connectivity index (χ0) is 15.6. The predicted molar refractivity (Wildman–Crippen MR) is 84.0 cm³/mol. The highest BCUT2D eigenvalue weighted by Gasteiger charge is 2.18. The third kappa shape index (κ3) is 3.80. The number of hydrazine groups is 1. The van der Waals surface area contributed by atoms with Crippen molar-refractivity contribution < 1.29 is 8.78 Å². The Morgan fingerprint density at radius 1 is 1.24 bits per heavy atom. The monoisotopic (exact) mass is 374 g/mol. The van der Waals surface area contributed by atoms with Gasteiger partial charge in [-0.3, -0.25) is 11.3 Å². The van der Waals surface area contributed by atoms with Crippen LogP contribution in [0.1, 0.15) is 22.7 Å². The first kappa shape index (κ1) is 16.4. The Balaban J connectivity index is 2.34. The van der Waals surface area contributed by atoms with E-state index in [4.69, 9.17) is 17.4 Å². The Kier molecular flexibility index (Phi) is 5.32. The van der Waals surface area contributed by atoms with Gasteiger partial charge in [0, 0.05) is 21.1 Å². The van der Waals surface area contributed by atoms with Crippen LogP contribution in [0.5, 0.6) is 0 Å². The molecule has 2 aromatic rings. The van der Waals surface area contributed by atoms with Crippen LogP contribution in [0.4, 0.5) is 8.78 Å². The molecule has 0 aliphatic carbocycles. The molecule has 0 saturated carbocycles. The second kappa shape index (κ2) is 6.83. The number of hydrogen-bond acceptors (Lipinski definition) is 2. The molecule has 0 aromatic heterocycles. The Bertz CT molecular complexity index is 664. The van der Waals surface area contributed by atoms with E-state index in [9.17, 15) is 8.78 Å². The van der Waals surface area contributed by atoms with Crippen LogP contribution in [0, 0.1) is 18.6 Å². The first-order valence-corrected chi connectivity index (χ1v) is 7.45. The van der Waals surface area contributed by atoms with E-state index in [1.807, 2.05) is 12.1 Å². The summed E-state index contributed by atoms with van der Waals surface area (Å²) in [6.45, 7) is 1.58. The maximum Gasteiger partial charge on any atom is 0.130 e. The summed E-state index contributed by atoms with van der Waals surface area (Å²) in [7, 11) is 0. The number of hydrogen-bond donors (Lipinski definition) is 2. The van der Waals surface area contributed by atoms with Crippen molar-refractivity contribution >= 4 is 27.5 Å². The zero-order valence-corrected chi connectivity index (χ0v) is 13.6. The second-order valence-corrected chi connectivity index (χ2v) is 6.10. The highest BCUT2D eigenvalue weighted by molar-refractivity contribution is 9.10. The fourth-order valence-electron chi connectivity index (χ4n) is 2.11. The highest BCUT2D eigenvalue weighted by atomic mass is 79.9. The molecule has 2 rings (SSSR count). The number of nitrogens with two attached hydrogens (primary N) is 1.